The van der Waals surface area contributed by atoms with Crippen molar-refractivity contribution in [2.45, 2.75) is 0 Å². The first kappa shape index (κ1) is 7.48. The highest BCUT2D eigenvalue weighted by atomic mass is 35.5. The van der Waals surface area contributed by atoms with Crippen LogP contribution in [0.5, 0.6) is 5.75 Å². The van der Waals surface area contributed by atoms with E-state index in [0.29, 0.717) is 16.2 Å². The second kappa shape index (κ2) is 2.97. The maximum Gasteiger partial charge on any atom is 0.136 e. The maximum atomic E-state index is 5.74. The number of halogens is 1. The summed E-state index contributed by atoms with van der Waals surface area (Å²) in [6.07, 6.45) is 0. The Morgan fingerprint density at radius 2 is 2.20 bits per heavy atom. The van der Waals surface area contributed by atoms with Crippen molar-refractivity contribution in [3.8, 4) is 5.75 Å². The van der Waals surface area contributed by atoms with E-state index in [-0.39, 0.29) is 0 Å². The van der Waals surface area contributed by atoms with Crippen molar-refractivity contribution in [3.63, 3.8) is 0 Å². The number of rotatable bonds is 1. The highest BCUT2D eigenvalue weighted by Crippen LogP contribution is 2.19. The Morgan fingerprint density at radius 3 is 2.70 bits per heavy atom. The predicted octanol–water partition coefficient (Wildman–Crippen LogP) is 1.14. The molecule has 0 heterocycles. The molecule has 3 heteroatoms. The van der Waals surface area contributed by atoms with Crippen molar-refractivity contribution < 1.29 is 4.74 Å². The summed E-state index contributed by atoms with van der Waals surface area (Å²) < 4.78 is 4.91. The molecule has 1 aromatic carbocycles. The number of benzene rings is 1. The van der Waals surface area contributed by atoms with Gasteiger partial charge >= 0.3 is 0 Å². The summed E-state index contributed by atoms with van der Waals surface area (Å²) >= 11 is 5.74. The normalized spacial score (nSPS) is 9.40. The van der Waals surface area contributed by atoms with Crippen LogP contribution in [0.15, 0.2) is 18.2 Å². The molecule has 0 aromatic heterocycles. The molecule has 0 N–H and O–H groups in total. The first-order valence-electron chi connectivity index (χ1n) is 2.83. The average molecular weight is 152 g/mol. The van der Waals surface area contributed by atoms with Crippen LogP contribution in [0.3, 0.4) is 0 Å². The van der Waals surface area contributed by atoms with E-state index in [9.17, 15) is 0 Å². The minimum absolute atomic E-state index is 0.477. The largest absolute Gasteiger partial charge is 0.495 e. The van der Waals surface area contributed by atoms with Crippen LogP contribution in [0, 0.1) is 0 Å². The van der Waals surface area contributed by atoms with Crippen molar-refractivity contribution in [3.05, 3.63) is 23.2 Å². The van der Waals surface area contributed by atoms with Crippen LogP contribution in [0.1, 0.15) is 0 Å². The van der Waals surface area contributed by atoms with Crippen LogP contribution in [-0.2, 0) is 0 Å². The van der Waals surface area contributed by atoms with E-state index in [0.717, 1.165) is 0 Å². The summed E-state index contributed by atoms with van der Waals surface area (Å²) in [5.74, 6) is 0.613. The van der Waals surface area contributed by atoms with Crippen molar-refractivity contribution in [2.24, 2.45) is 0 Å². The van der Waals surface area contributed by atoms with Gasteiger partial charge in [-0.15, -0.1) is 0 Å². The van der Waals surface area contributed by atoms with Gasteiger partial charge in [-0.2, -0.15) is 0 Å². The van der Waals surface area contributed by atoms with E-state index < -0.39 is 0 Å². The Hall–Kier alpha value is -0.625. The lowest BCUT2D eigenvalue weighted by Gasteiger charge is -2.03. The topological polar surface area (TPSA) is 9.23 Å². The fourth-order valence-electron chi connectivity index (χ4n) is 0.685. The summed E-state index contributed by atoms with van der Waals surface area (Å²) in [6.45, 7) is 0. The van der Waals surface area contributed by atoms with Gasteiger partial charge in [-0.3, -0.25) is 0 Å². The molecule has 10 heavy (non-hydrogen) atoms. The lowest BCUT2D eigenvalue weighted by atomic mass is 9.96. The third-order valence-corrected chi connectivity index (χ3v) is 1.62. The van der Waals surface area contributed by atoms with E-state index in [4.69, 9.17) is 24.2 Å². The second-order valence-corrected chi connectivity index (χ2v) is 2.24. The van der Waals surface area contributed by atoms with E-state index in [1.165, 1.54) is 0 Å². The van der Waals surface area contributed by atoms with Gasteiger partial charge in [0.05, 0.1) is 12.1 Å². The van der Waals surface area contributed by atoms with Crippen LogP contribution in [0.4, 0.5) is 0 Å². The van der Waals surface area contributed by atoms with Crippen LogP contribution in [0.25, 0.3) is 0 Å². The van der Waals surface area contributed by atoms with Crippen LogP contribution < -0.4 is 10.2 Å². The van der Waals surface area contributed by atoms with Gasteiger partial charge in [0.2, 0.25) is 0 Å². The molecular weight excluding hydrogens is 146 g/mol. The quantitative estimate of drug-likeness (QED) is 0.549. The summed E-state index contributed by atoms with van der Waals surface area (Å²) in [6, 6.07) is 5.28. The molecular formula is C7H6BClO. The number of hydrogen-bond acceptors (Lipinski definition) is 1. The lowest BCUT2D eigenvalue weighted by molar-refractivity contribution is 0.415. The molecule has 1 rings (SSSR count). The third kappa shape index (κ3) is 1.27. The molecule has 0 saturated heterocycles. The molecule has 0 bridgehead atoms. The van der Waals surface area contributed by atoms with Gasteiger partial charge in [0, 0.05) is 0 Å². The smallest absolute Gasteiger partial charge is 0.136 e. The Labute approximate surface area is 66.4 Å². The van der Waals surface area contributed by atoms with Gasteiger partial charge in [0.1, 0.15) is 13.6 Å². The van der Waals surface area contributed by atoms with Gasteiger partial charge < -0.3 is 4.74 Å². The molecule has 0 atom stereocenters. The zero-order valence-electron chi connectivity index (χ0n) is 5.60. The fraction of sp³-hybridized carbons (Fsp3) is 0.143. The minimum Gasteiger partial charge on any atom is -0.495 e. The fourth-order valence-corrected chi connectivity index (χ4v) is 0.889. The molecule has 0 unspecified atom stereocenters. The summed E-state index contributed by atoms with van der Waals surface area (Å²) in [4.78, 5) is 0. The molecule has 2 radical (unpaired) electrons. The highest BCUT2D eigenvalue weighted by molar-refractivity contribution is 6.45. The molecule has 0 aliphatic rings. The molecule has 0 spiro atoms. The second-order valence-electron chi connectivity index (χ2n) is 1.86. The molecule has 0 aliphatic heterocycles. The molecule has 0 amide bonds. The van der Waals surface area contributed by atoms with Crippen molar-refractivity contribution in [1.82, 2.24) is 0 Å². The maximum absolute atomic E-state index is 5.74. The standard InChI is InChI=1S/C7H6BClO/c1-10-6-4-2-3-5(8)7(6)9/h2-4H,1H3. The number of methoxy groups -OCH3 is 1. The Bertz CT molecular complexity index is 237. The SMILES string of the molecule is [B]c1cccc(OC)c1Cl. The minimum atomic E-state index is 0.477. The Balaban J connectivity index is 3.14. The van der Waals surface area contributed by atoms with E-state index in [2.05, 4.69) is 0 Å². The zero-order valence-corrected chi connectivity index (χ0v) is 6.35. The van der Waals surface area contributed by atoms with Gasteiger partial charge in [0.25, 0.3) is 0 Å². The first-order chi connectivity index (χ1) is 4.75. The molecule has 50 valence electrons. The van der Waals surface area contributed by atoms with E-state index in [1.807, 2.05) is 0 Å². The molecule has 0 aliphatic carbocycles. The predicted molar refractivity (Wildman–Crippen MR) is 43.4 cm³/mol. The van der Waals surface area contributed by atoms with E-state index >= 15 is 0 Å². The van der Waals surface area contributed by atoms with Crippen LogP contribution in [0.2, 0.25) is 5.02 Å². The van der Waals surface area contributed by atoms with Gasteiger partial charge in [-0.05, 0) is 6.07 Å². The number of hydrogen-bond donors (Lipinski definition) is 0. The molecule has 1 nitrogen and oxygen atoms in total. The van der Waals surface area contributed by atoms with Gasteiger partial charge in [-0.25, -0.2) is 0 Å². The average Bonchev–Trinajstić information content (AvgIpc) is 1.95. The first-order valence-corrected chi connectivity index (χ1v) is 3.21. The van der Waals surface area contributed by atoms with Crippen LogP contribution >= 0.6 is 11.6 Å². The Kier molecular flexibility index (Phi) is 2.23. The molecule has 0 fully saturated rings. The Morgan fingerprint density at radius 1 is 1.50 bits per heavy atom. The molecule has 1 aromatic rings. The lowest BCUT2D eigenvalue weighted by Crippen LogP contribution is -2.03. The third-order valence-electron chi connectivity index (χ3n) is 1.21. The van der Waals surface area contributed by atoms with Crippen molar-refractivity contribution in [1.29, 1.82) is 0 Å². The van der Waals surface area contributed by atoms with Crippen molar-refractivity contribution >= 4 is 24.9 Å². The number of ether oxygens (including phenoxy) is 1. The zero-order chi connectivity index (χ0) is 7.56. The monoisotopic (exact) mass is 152 g/mol. The molecule has 0 saturated carbocycles. The summed E-state index contributed by atoms with van der Waals surface area (Å²) in [7, 11) is 7.04. The van der Waals surface area contributed by atoms with Gasteiger partial charge in [0.15, 0.2) is 0 Å². The summed E-state index contributed by atoms with van der Waals surface area (Å²) in [5.41, 5.74) is 0.543. The van der Waals surface area contributed by atoms with Crippen molar-refractivity contribution in [2.75, 3.05) is 7.11 Å². The highest BCUT2D eigenvalue weighted by Gasteiger charge is 1.99. The van der Waals surface area contributed by atoms with Gasteiger partial charge in [-0.1, -0.05) is 29.2 Å². The van der Waals surface area contributed by atoms with Crippen LogP contribution in [-0.4, -0.2) is 15.0 Å². The van der Waals surface area contributed by atoms with E-state index in [1.54, 1.807) is 25.3 Å². The summed E-state index contributed by atoms with van der Waals surface area (Å²) in [5, 5.41) is 0.477.